The van der Waals surface area contributed by atoms with Crippen LogP contribution in [0.2, 0.25) is 0 Å². The third-order valence-corrected chi connectivity index (χ3v) is 8.08. The number of anilines is 1. The molecule has 1 aliphatic rings. The highest BCUT2D eigenvalue weighted by molar-refractivity contribution is 8.17. The first-order valence-electron chi connectivity index (χ1n) is 11.1. The molecule has 0 bridgehead atoms. The van der Waals surface area contributed by atoms with E-state index in [1.54, 1.807) is 6.07 Å². The molecule has 10 heteroatoms. The third kappa shape index (κ3) is 7.00. The maximum Gasteiger partial charge on any atom is 0.416 e. The monoisotopic (exact) mass is 541 g/mol. The lowest BCUT2D eigenvalue weighted by molar-refractivity contribution is -0.138. The van der Waals surface area contributed by atoms with Crippen LogP contribution in [-0.4, -0.2) is 10.5 Å². The number of rotatable bonds is 7. The molecule has 3 aromatic rings. The average molecular weight is 542 g/mol. The van der Waals surface area contributed by atoms with Crippen molar-refractivity contribution in [2.45, 2.75) is 52.4 Å². The van der Waals surface area contributed by atoms with E-state index in [4.69, 9.17) is 0 Å². The van der Waals surface area contributed by atoms with Crippen molar-refractivity contribution in [1.82, 2.24) is 0 Å². The van der Waals surface area contributed by atoms with Crippen LogP contribution in [0.5, 0.6) is 0 Å². The maximum absolute atomic E-state index is 13.2. The standard InChI is InChI=1S/C26H21F6NOS2/c27-25(28,29)18-6-2-8-21(13-18)35-24(36-22-9-3-7-19(14-22)26(30,31)32)15-23(34)33-20-11-10-16-4-1-5-17(16)12-20/h2-3,6-14,24H,1,4-5,15H2,(H,33,34). The maximum atomic E-state index is 13.2. The number of hydrogen-bond acceptors (Lipinski definition) is 3. The van der Waals surface area contributed by atoms with Crippen molar-refractivity contribution in [3.63, 3.8) is 0 Å². The summed E-state index contributed by atoms with van der Waals surface area (Å²) in [6.45, 7) is 0. The largest absolute Gasteiger partial charge is 0.416 e. The van der Waals surface area contributed by atoms with Crippen LogP contribution in [0.4, 0.5) is 32.0 Å². The Morgan fingerprint density at radius 2 is 1.33 bits per heavy atom. The Bertz CT molecular complexity index is 1180. The zero-order valence-electron chi connectivity index (χ0n) is 18.7. The molecular formula is C26H21F6NOS2. The van der Waals surface area contributed by atoms with E-state index in [9.17, 15) is 31.1 Å². The molecule has 0 spiro atoms. The first kappa shape index (κ1) is 26.5. The van der Waals surface area contributed by atoms with Gasteiger partial charge in [0.05, 0.1) is 15.7 Å². The van der Waals surface area contributed by atoms with Crippen molar-refractivity contribution in [3.8, 4) is 0 Å². The predicted molar refractivity (Wildman–Crippen MR) is 130 cm³/mol. The molecule has 190 valence electrons. The molecule has 0 radical (unpaired) electrons. The number of carbonyl (C=O) groups excluding carboxylic acids is 1. The molecule has 1 aliphatic carbocycles. The molecule has 3 aromatic carbocycles. The Morgan fingerprint density at radius 1 is 0.778 bits per heavy atom. The molecule has 1 N–H and O–H groups in total. The van der Waals surface area contributed by atoms with Crippen LogP contribution in [0.1, 0.15) is 35.1 Å². The number of nitrogens with one attached hydrogen (secondary N) is 1. The van der Waals surface area contributed by atoms with Gasteiger partial charge in [-0.3, -0.25) is 4.79 Å². The second-order valence-corrected chi connectivity index (χ2v) is 11.2. The van der Waals surface area contributed by atoms with Gasteiger partial charge in [-0.25, -0.2) is 0 Å². The van der Waals surface area contributed by atoms with Crippen molar-refractivity contribution in [1.29, 1.82) is 0 Å². The van der Waals surface area contributed by atoms with Gasteiger partial charge in [-0.15, -0.1) is 23.5 Å². The van der Waals surface area contributed by atoms with Gasteiger partial charge in [-0.2, -0.15) is 26.3 Å². The van der Waals surface area contributed by atoms with Crippen LogP contribution in [0, 0.1) is 0 Å². The minimum Gasteiger partial charge on any atom is -0.326 e. The SMILES string of the molecule is O=C(CC(Sc1cccc(C(F)(F)F)c1)Sc1cccc(C(F)(F)F)c1)Nc1ccc2c(c1)CCC2. The van der Waals surface area contributed by atoms with E-state index in [0.29, 0.717) is 5.69 Å². The van der Waals surface area contributed by atoms with E-state index < -0.39 is 28.1 Å². The number of carbonyl (C=O) groups is 1. The van der Waals surface area contributed by atoms with Crippen molar-refractivity contribution < 1.29 is 31.1 Å². The topological polar surface area (TPSA) is 29.1 Å². The molecule has 0 atom stereocenters. The smallest absolute Gasteiger partial charge is 0.326 e. The van der Waals surface area contributed by atoms with Crippen molar-refractivity contribution >= 4 is 35.1 Å². The fourth-order valence-corrected chi connectivity index (χ4v) is 6.56. The number of benzene rings is 3. The summed E-state index contributed by atoms with van der Waals surface area (Å²) in [5.74, 6) is -0.378. The Hall–Kier alpha value is -2.59. The molecule has 36 heavy (non-hydrogen) atoms. The summed E-state index contributed by atoms with van der Waals surface area (Å²) in [5, 5.41) is 2.82. The van der Waals surface area contributed by atoms with Gasteiger partial charge in [-0.1, -0.05) is 18.2 Å². The minimum absolute atomic E-state index is 0.126. The van der Waals surface area contributed by atoms with Gasteiger partial charge in [0.2, 0.25) is 5.91 Å². The summed E-state index contributed by atoms with van der Waals surface area (Å²) < 4.78 is 78.3. The molecule has 0 aliphatic heterocycles. The highest BCUT2D eigenvalue weighted by atomic mass is 32.2. The van der Waals surface area contributed by atoms with E-state index in [0.717, 1.165) is 67.1 Å². The molecular weight excluding hydrogens is 520 g/mol. The number of aryl methyl sites for hydroxylation is 2. The molecule has 0 aromatic heterocycles. The highest BCUT2D eigenvalue weighted by Gasteiger charge is 2.32. The second-order valence-electron chi connectivity index (χ2n) is 8.31. The lowest BCUT2D eigenvalue weighted by Crippen LogP contribution is -2.16. The van der Waals surface area contributed by atoms with E-state index in [1.165, 1.54) is 35.4 Å². The van der Waals surface area contributed by atoms with Gasteiger partial charge in [0, 0.05) is 21.9 Å². The van der Waals surface area contributed by atoms with Crippen LogP contribution < -0.4 is 5.32 Å². The van der Waals surface area contributed by atoms with Crippen LogP contribution in [-0.2, 0) is 30.0 Å². The van der Waals surface area contributed by atoms with E-state index >= 15 is 0 Å². The fraction of sp³-hybridized carbons (Fsp3) is 0.269. The number of thioether (sulfide) groups is 2. The zero-order valence-corrected chi connectivity index (χ0v) is 20.4. The molecule has 0 saturated carbocycles. The summed E-state index contributed by atoms with van der Waals surface area (Å²) in [4.78, 5) is 13.4. The van der Waals surface area contributed by atoms with E-state index in [2.05, 4.69) is 5.32 Å². The number of alkyl halides is 6. The Balaban J connectivity index is 1.54. The summed E-state index contributed by atoms with van der Waals surface area (Å²) in [6.07, 6.45) is -6.23. The normalized spacial score (nSPS) is 13.6. The zero-order chi connectivity index (χ0) is 25.9. The van der Waals surface area contributed by atoms with Crippen LogP contribution in [0.25, 0.3) is 0 Å². The molecule has 0 unspecified atom stereocenters. The van der Waals surface area contributed by atoms with Crippen LogP contribution in [0.3, 0.4) is 0 Å². The molecule has 1 amide bonds. The van der Waals surface area contributed by atoms with Crippen molar-refractivity contribution in [3.05, 3.63) is 89.0 Å². The summed E-state index contributed by atoms with van der Waals surface area (Å²) >= 11 is 2.01. The molecule has 4 rings (SSSR count). The van der Waals surface area contributed by atoms with Gasteiger partial charge < -0.3 is 5.32 Å². The first-order valence-corrected chi connectivity index (χ1v) is 12.8. The lowest BCUT2D eigenvalue weighted by atomic mass is 10.1. The third-order valence-electron chi connectivity index (χ3n) is 5.59. The number of hydrogen-bond donors (Lipinski definition) is 1. The van der Waals surface area contributed by atoms with Crippen molar-refractivity contribution in [2.24, 2.45) is 0 Å². The number of fused-ring (bicyclic) bond motifs is 1. The summed E-state index contributed by atoms with van der Waals surface area (Å²) in [6, 6.07) is 15.0. The van der Waals surface area contributed by atoms with Crippen LogP contribution in [0.15, 0.2) is 76.5 Å². The average Bonchev–Trinajstić information content (AvgIpc) is 3.26. The van der Waals surface area contributed by atoms with Gasteiger partial charge >= 0.3 is 12.4 Å². The van der Waals surface area contributed by atoms with Gasteiger partial charge in [0.25, 0.3) is 0 Å². The van der Waals surface area contributed by atoms with E-state index in [1.807, 2.05) is 12.1 Å². The van der Waals surface area contributed by atoms with Crippen molar-refractivity contribution in [2.75, 3.05) is 5.32 Å². The number of amides is 1. The fourth-order valence-electron chi connectivity index (χ4n) is 3.92. The second kappa shape index (κ2) is 10.8. The summed E-state index contributed by atoms with van der Waals surface area (Å²) in [7, 11) is 0. The lowest BCUT2D eigenvalue weighted by Gasteiger charge is -2.18. The minimum atomic E-state index is -4.54. The summed E-state index contributed by atoms with van der Waals surface area (Å²) in [5.41, 5.74) is 1.36. The Kier molecular flexibility index (Phi) is 7.94. The Labute approximate surface area is 212 Å². The molecule has 0 fully saturated rings. The number of halogens is 6. The van der Waals surface area contributed by atoms with E-state index in [-0.39, 0.29) is 22.1 Å². The Morgan fingerprint density at radius 3 is 1.89 bits per heavy atom. The first-order chi connectivity index (χ1) is 17.0. The highest BCUT2D eigenvalue weighted by Crippen LogP contribution is 2.41. The van der Waals surface area contributed by atoms with Gasteiger partial charge in [-0.05, 0) is 78.9 Å². The van der Waals surface area contributed by atoms with Gasteiger partial charge in [0.1, 0.15) is 0 Å². The molecule has 2 nitrogen and oxygen atoms in total. The van der Waals surface area contributed by atoms with Crippen LogP contribution >= 0.6 is 23.5 Å². The van der Waals surface area contributed by atoms with Gasteiger partial charge in [0.15, 0.2) is 0 Å². The predicted octanol–water partition coefficient (Wildman–Crippen LogP) is 8.45. The molecule has 0 heterocycles. The quantitative estimate of drug-likeness (QED) is 0.185. The molecule has 0 saturated heterocycles.